The van der Waals surface area contributed by atoms with E-state index in [1.165, 1.54) is 27.1 Å². The lowest BCUT2D eigenvalue weighted by Crippen LogP contribution is -2.27. The van der Waals surface area contributed by atoms with E-state index in [1.807, 2.05) is 12.2 Å². The normalized spacial score (nSPS) is 12.4. The van der Waals surface area contributed by atoms with Gasteiger partial charge in [-0.1, -0.05) is 68.7 Å². The Morgan fingerprint density at radius 1 is 1.16 bits per heavy atom. The van der Waals surface area contributed by atoms with Crippen LogP contribution < -0.4 is 10.4 Å². The van der Waals surface area contributed by atoms with E-state index in [2.05, 4.69) is 63.4 Å². The molecule has 0 N–H and O–H groups in total. The van der Waals surface area contributed by atoms with Gasteiger partial charge in [0.1, 0.15) is 0 Å². The Bertz CT molecular complexity index is 746. The van der Waals surface area contributed by atoms with Crippen molar-refractivity contribution in [2.24, 2.45) is 0 Å². The quantitative estimate of drug-likeness (QED) is 0.771. The summed E-state index contributed by atoms with van der Waals surface area (Å²) in [5.74, 6) is 0. The van der Waals surface area contributed by atoms with Crippen LogP contribution >= 0.6 is 0 Å². The lowest BCUT2D eigenvalue weighted by atomic mass is 9.95. The third-order valence-electron chi connectivity index (χ3n) is 3.49. The molecule has 0 aromatic heterocycles. The molecule has 0 heteroatoms. The highest BCUT2D eigenvalue weighted by molar-refractivity contribution is 5.93. The lowest BCUT2D eigenvalue weighted by Gasteiger charge is -2.09. The molecular weight excluding hydrogens is 228 g/mol. The number of benzene rings is 2. The maximum atomic E-state index is 4.24. The van der Waals surface area contributed by atoms with Crippen molar-refractivity contribution < 1.29 is 0 Å². The van der Waals surface area contributed by atoms with Gasteiger partial charge in [-0.2, -0.15) is 0 Å². The van der Waals surface area contributed by atoms with Gasteiger partial charge >= 0.3 is 0 Å². The van der Waals surface area contributed by atoms with Crippen molar-refractivity contribution in [3.8, 4) is 0 Å². The van der Waals surface area contributed by atoms with Gasteiger partial charge in [0.25, 0.3) is 0 Å². The maximum Gasteiger partial charge on any atom is -0.00994 e. The minimum Gasteiger partial charge on any atom is -0.0990 e. The summed E-state index contributed by atoms with van der Waals surface area (Å²) in [5.41, 5.74) is 2.53. The Balaban J connectivity index is 3.01. The van der Waals surface area contributed by atoms with Crippen molar-refractivity contribution in [3.05, 3.63) is 64.6 Å². The summed E-state index contributed by atoms with van der Waals surface area (Å²) in [5, 5.41) is 4.80. The van der Waals surface area contributed by atoms with Gasteiger partial charge < -0.3 is 0 Å². The molecule has 96 valence electrons. The summed E-state index contributed by atoms with van der Waals surface area (Å²) in [7, 11) is 0. The molecule has 0 saturated heterocycles. The van der Waals surface area contributed by atoms with Crippen molar-refractivity contribution >= 4 is 29.5 Å². The zero-order valence-corrected chi connectivity index (χ0v) is 11.7. The Labute approximate surface area is 115 Å². The number of hydrogen-bond donors (Lipinski definition) is 0. The molecule has 0 aliphatic rings. The van der Waals surface area contributed by atoms with E-state index in [1.54, 1.807) is 0 Å². The van der Waals surface area contributed by atoms with Crippen LogP contribution in [0.2, 0.25) is 0 Å². The van der Waals surface area contributed by atoms with Gasteiger partial charge in [0, 0.05) is 0 Å². The van der Waals surface area contributed by atoms with Crippen molar-refractivity contribution in [2.75, 3.05) is 0 Å². The fourth-order valence-corrected chi connectivity index (χ4v) is 2.44. The molecule has 2 rings (SSSR count). The Morgan fingerprint density at radius 3 is 2.47 bits per heavy atom. The van der Waals surface area contributed by atoms with E-state index in [-0.39, 0.29) is 0 Å². The van der Waals surface area contributed by atoms with Crippen LogP contribution in [0.25, 0.3) is 29.5 Å². The zero-order chi connectivity index (χ0) is 13.8. The van der Waals surface area contributed by atoms with Gasteiger partial charge in [-0.05, 0) is 45.7 Å². The molecule has 0 radical (unpaired) electrons. The van der Waals surface area contributed by atoms with E-state index >= 15 is 0 Å². The molecule has 0 atom stereocenters. The molecular formula is C19H20. The fourth-order valence-electron chi connectivity index (χ4n) is 2.44. The summed E-state index contributed by atoms with van der Waals surface area (Å²) >= 11 is 0. The molecule has 2 aromatic rings. The summed E-state index contributed by atoms with van der Waals surface area (Å²) in [6.45, 7) is 12.3. The van der Waals surface area contributed by atoms with Crippen molar-refractivity contribution in [1.29, 1.82) is 0 Å². The molecule has 0 fully saturated rings. The van der Waals surface area contributed by atoms with Crippen LogP contribution in [0.1, 0.15) is 24.5 Å². The highest BCUT2D eigenvalue weighted by Gasteiger charge is 2.05. The highest BCUT2D eigenvalue weighted by Crippen LogP contribution is 2.18. The van der Waals surface area contributed by atoms with Gasteiger partial charge in [0.2, 0.25) is 0 Å². The molecule has 0 aliphatic carbocycles. The second kappa shape index (κ2) is 5.71. The summed E-state index contributed by atoms with van der Waals surface area (Å²) in [6, 6.07) is 8.50. The smallest absolute Gasteiger partial charge is 0.00994 e. The van der Waals surface area contributed by atoms with E-state index < -0.39 is 0 Å². The van der Waals surface area contributed by atoms with Gasteiger partial charge in [0.15, 0.2) is 0 Å². The summed E-state index contributed by atoms with van der Waals surface area (Å²) < 4.78 is 0. The maximum absolute atomic E-state index is 4.24. The van der Waals surface area contributed by atoms with Crippen LogP contribution in [0.5, 0.6) is 0 Å². The molecule has 0 spiro atoms. The average Bonchev–Trinajstić information content (AvgIpc) is 2.44. The fraction of sp³-hybridized carbons (Fsp3) is 0.158. The first-order valence-corrected chi connectivity index (χ1v) is 6.70. The molecule has 2 aromatic carbocycles. The van der Waals surface area contributed by atoms with Crippen LogP contribution in [0, 0.1) is 6.92 Å². The van der Waals surface area contributed by atoms with Crippen molar-refractivity contribution in [2.45, 2.75) is 20.3 Å². The molecule has 0 saturated carbocycles. The second-order valence-corrected chi connectivity index (χ2v) is 4.69. The standard InChI is InChI=1S/C19H20/c1-5-7-11-17-15(4)14(3)16(10-6-2)18-12-8-9-13-19(17)18/h6-13H,2-3,5H2,1,4H3/b11-7-,16-10+. The first kappa shape index (κ1) is 13.4. The van der Waals surface area contributed by atoms with Crippen LogP contribution in [0.4, 0.5) is 0 Å². The highest BCUT2D eigenvalue weighted by atomic mass is 14.1. The van der Waals surface area contributed by atoms with E-state index in [4.69, 9.17) is 0 Å². The van der Waals surface area contributed by atoms with Gasteiger partial charge in [-0.25, -0.2) is 0 Å². The molecule has 0 heterocycles. The Kier molecular flexibility index (Phi) is 4.01. The van der Waals surface area contributed by atoms with Crippen LogP contribution in [0.3, 0.4) is 0 Å². The van der Waals surface area contributed by atoms with E-state index in [9.17, 15) is 0 Å². The lowest BCUT2D eigenvalue weighted by molar-refractivity contribution is 1.23. The van der Waals surface area contributed by atoms with Gasteiger partial charge in [0.05, 0.1) is 0 Å². The molecule has 0 amide bonds. The summed E-state index contributed by atoms with van der Waals surface area (Å²) in [6.07, 6.45) is 9.33. The largest absolute Gasteiger partial charge is 0.0990 e. The van der Waals surface area contributed by atoms with Crippen molar-refractivity contribution in [1.82, 2.24) is 0 Å². The minimum atomic E-state index is 1.04. The zero-order valence-electron chi connectivity index (χ0n) is 11.7. The average molecular weight is 248 g/mol. The second-order valence-electron chi connectivity index (χ2n) is 4.69. The number of rotatable bonds is 3. The monoisotopic (exact) mass is 248 g/mol. The SMILES string of the molecule is C=C/C=c1\c(=C)c(C)c(/C=C\CC)c2ccccc12. The Hall–Kier alpha value is -2.08. The molecule has 0 nitrogen and oxygen atoms in total. The molecule has 0 bridgehead atoms. The predicted octanol–water partition coefficient (Wildman–Crippen LogP) is 3.95. The first-order valence-electron chi connectivity index (χ1n) is 6.70. The third kappa shape index (κ3) is 2.39. The van der Waals surface area contributed by atoms with Crippen molar-refractivity contribution in [3.63, 3.8) is 0 Å². The number of fused-ring (bicyclic) bond motifs is 1. The first-order chi connectivity index (χ1) is 9.20. The van der Waals surface area contributed by atoms with E-state index in [0.29, 0.717) is 0 Å². The van der Waals surface area contributed by atoms with Crippen LogP contribution in [-0.2, 0) is 0 Å². The minimum absolute atomic E-state index is 1.04. The predicted molar refractivity (Wildman–Crippen MR) is 87.4 cm³/mol. The number of hydrogen-bond acceptors (Lipinski definition) is 0. The molecule has 0 unspecified atom stereocenters. The van der Waals surface area contributed by atoms with Gasteiger partial charge in [-0.15, -0.1) is 0 Å². The third-order valence-corrected chi connectivity index (χ3v) is 3.49. The van der Waals surface area contributed by atoms with Crippen LogP contribution in [-0.4, -0.2) is 0 Å². The van der Waals surface area contributed by atoms with E-state index in [0.717, 1.165) is 11.6 Å². The van der Waals surface area contributed by atoms with Gasteiger partial charge in [-0.3, -0.25) is 0 Å². The molecule has 0 aliphatic heterocycles. The molecule has 19 heavy (non-hydrogen) atoms. The topological polar surface area (TPSA) is 0 Å². The Morgan fingerprint density at radius 2 is 1.84 bits per heavy atom. The summed E-state index contributed by atoms with van der Waals surface area (Å²) in [4.78, 5) is 0. The van der Waals surface area contributed by atoms with Crippen LogP contribution in [0.15, 0.2) is 43.0 Å². The number of allylic oxidation sites excluding steroid dienone is 2.